The minimum Gasteiger partial charge on any atom is -0.380 e. The number of nitrogens with zero attached hydrogens (tertiary/aromatic N) is 1. The summed E-state index contributed by atoms with van der Waals surface area (Å²) in [5.74, 6) is 0. The van der Waals surface area contributed by atoms with E-state index in [0.717, 1.165) is 13.1 Å². The molecule has 0 saturated carbocycles. The number of hydrogen-bond donors (Lipinski definition) is 1. The van der Waals surface area contributed by atoms with Crippen molar-refractivity contribution in [2.75, 3.05) is 33.3 Å². The minimum atomic E-state index is 0.476. The summed E-state index contributed by atoms with van der Waals surface area (Å²) < 4.78 is 5.46. The lowest BCUT2D eigenvalue weighted by Gasteiger charge is -2.31. The zero-order valence-corrected chi connectivity index (χ0v) is 12.6. The van der Waals surface area contributed by atoms with E-state index in [1.54, 1.807) is 0 Å². The first kappa shape index (κ1) is 15.9. The van der Waals surface area contributed by atoms with Gasteiger partial charge in [-0.25, -0.2) is 0 Å². The molecule has 0 aromatic carbocycles. The van der Waals surface area contributed by atoms with Crippen molar-refractivity contribution in [1.82, 2.24) is 10.2 Å². The van der Waals surface area contributed by atoms with E-state index in [1.165, 1.54) is 51.6 Å². The van der Waals surface area contributed by atoms with E-state index < -0.39 is 0 Å². The summed E-state index contributed by atoms with van der Waals surface area (Å²) in [6.45, 7) is 9.34. The Balaban J connectivity index is 2.00. The van der Waals surface area contributed by atoms with Crippen LogP contribution in [0.1, 0.15) is 52.4 Å². The van der Waals surface area contributed by atoms with Gasteiger partial charge >= 0.3 is 0 Å². The number of ether oxygens (including phenoxy) is 1. The molecule has 0 amide bonds. The third kappa shape index (κ3) is 6.72. The van der Waals surface area contributed by atoms with Gasteiger partial charge in [-0.2, -0.15) is 0 Å². The zero-order chi connectivity index (χ0) is 13.2. The van der Waals surface area contributed by atoms with E-state index in [2.05, 4.69) is 24.1 Å². The number of piperidine rings is 1. The number of nitrogens with one attached hydrogen (secondary N) is 1. The summed E-state index contributed by atoms with van der Waals surface area (Å²) >= 11 is 0. The maximum Gasteiger partial charge on any atom is 0.0698 e. The van der Waals surface area contributed by atoms with Gasteiger partial charge in [0.05, 0.1) is 6.10 Å². The average Bonchev–Trinajstić information content (AvgIpc) is 2.41. The van der Waals surface area contributed by atoms with Gasteiger partial charge in [0.2, 0.25) is 0 Å². The van der Waals surface area contributed by atoms with Crippen LogP contribution in [0.15, 0.2) is 0 Å². The van der Waals surface area contributed by atoms with Crippen LogP contribution in [-0.2, 0) is 4.74 Å². The van der Waals surface area contributed by atoms with Crippen LogP contribution in [0.4, 0.5) is 0 Å². The molecule has 1 fully saturated rings. The van der Waals surface area contributed by atoms with Gasteiger partial charge in [0, 0.05) is 19.7 Å². The molecule has 1 N–H and O–H groups in total. The van der Waals surface area contributed by atoms with Crippen molar-refractivity contribution in [3.8, 4) is 0 Å². The Morgan fingerprint density at radius 3 is 2.94 bits per heavy atom. The van der Waals surface area contributed by atoms with Gasteiger partial charge in [0.25, 0.3) is 0 Å². The number of unbranched alkanes of at least 4 members (excludes halogenated alkanes) is 1. The highest BCUT2D eigenvalue weighted by molar-refractivity contribution is 4.73. The molecule has 3 nitrogen and oxygen atoms in total. The van der Waals surface area contributed by atoms with Crippen molar-refractivity contribution >= 4 is 0 Å². The highest BCUT2D eigenvalue weighted by Gasteiger charge is 2.18. The fourth-order valence-electron chi connectivity index (χ4n) is 2.69. The lowest BCUT2D eigenvalue weighted by atomic mass is 10.1. The molecule has 0 aromatic heterocycles. The Hall–Kier alpha value is -0.120. The predicted octanol–water partition coefficient (Wildman–Crippen LogP) is 2.66. The first-order valence-electron chi connectivity index (χ1n) is 7.74. The molecule has 2 atom stereocenters. The number of rotatable bonds is 9. The van der Waals surface area contributed by atoms with Crippen molar-refractivity contribution in [3.63, 3.8) is 0 Å². The maximum absolute atomic E-state index is 5.46. The first-order chi connectivity index (χ1) is 8.76. The molecule has 1 rings (SSSR count). The monoisotopic (exact) mass is 256 g/mol. The molecule has 3 heteroatoms. The fraction of sp³-hybridized carbons (Fsp3) is 1.00. The molecule has 0 bridgehead atoms. The van der Waals surface area contributed by atoms with Crippen LogP contribution in [0, 0.1) is 0 Å². The third-order valence-corrected chi connectivity index (χ3v) is 3.90. The second kappa shape index (κ2) is 9.76. The smallest absolute Gasteiger partial charge is 0.0698 e. The molecule has 108 valence electrons. The zero-order valence-electron chi connectivity index (χ0n) is 12.6. The van der Waals surface area contributed by atoms with Gasteiger partial charge in [0.15, 0.2) is 0 Å². The summed E-state index contributed by atoms with van der Waals surface area (Å²) in [4.78, 5) is 2.57. The summed E-state index contributed by atoms with van der Waals surface area (Å²) in [5, 5.41) is 3.55. The third-order valence-electron chi connectivity index (χ3n) is 3.90. The molecule has 0 radical (unpaired) electrons. The molecule has 0 spiro atoms. The highest BCUT2D eigenvalue weighted by Crippen LogP contribution is 2.13. The van der Waals surface area contributed by atoms with Gasteiger partial charge in [-0.3, -0.25) is 0 Å². The second-order valence-electron chi connectivity index (χ2n) is 5.65. The SMILES string of the molecule is CCCNC(C)CCCCN1CCCC(OC)C1. The molecule has 1 saturated heterocycles. The number of hydrogen-bond acceptors (Lipinski definition) is 3. The Morgan fingerprint density at radius 1 is 1.39 bits per heavy atom. The molecule has 1 heterocycles. The van der Waals surface area contributed by atoms with Gasteiger partial charge in [-0.1, -0.05) is 13.3 Å². The van der Waals surface area contributed by atoms with Crippen LogP contribution in [0.5, 0.6) is 0 Å². The highest BCUT2D eigenvalue weighted by atomic mass is 16.5. The van der Waals surface area contributed by atoms with Crippen molar-refractivity contribution in [3.05, 3.63) is 0 Å². The van der Waals surface area contributed by atoms with Crippen LogP contribution in [-0.4, -0.2) is 50.3 Å². The Kier molecular flexibility index (Phi) is 8.64. The molecule has 0 aliphatic carbocycles. The van der Waals surface area contributed by atoms with Gasteiger partial charge in [0.1, 0.15) is 0 Å². The Bertz CT molecular complexity index is 199. The Morgan fingerprint density at radius 2 is 2.22 bits per heavy atom. The summed E-state index contributed by atoms with van der Waals surface area (Å²) in [7, 11) is 1.84. The normalized spacial score (nSPS) is 23.2. The van der Waals surface area contributed by atoms with Crippen molar-refractivity contribution < 1.29 is 4.74 Å². The Labute approximate surface area is 113 Å². The van der Waals surface area contributed by atoms with E-state index in [9.17, 15) is 0 Å². The molecular weight excluding hydrogens is 224 g/mol. The summed E-state index contributed by atoms with van der Waals surface area (Å²) in [5.41, 5.74) is 0. The van der Waals surface area contributed by atoms with Crippen LogP contribution in [0.2, 0.25) is 0 Å². The van der Waals surface area contributed by atoms with Crippen LogP contribution in [0.3, 0.4) is 0 Å². The lowest BCUT2D eigenvalue weighted by Crippen LogP contribution is -2.39. The van der Waals surface area contributed by atoms with Crippen molar-refractivity contribution in [2.45, 2.75) is 64.5 Å². The quantitative estimate of drug-likeness (QED) is 0.642. The second-order valence-corrected chi connectivity index (χ2v) is 5.65. The van der Waals surface area contributed by atoms with Crippen molar-refractivity contribution in [1.29, 1.82) is 0 Å². The molecule has 1 aliphatic heterocycles. The fourth-order valence-corrected chi connectivity index (χ4v) is 2.69. The van der Waals surface area contributed by atoms with E-state index in [0.29, 0.717) is 12.1 Å². The van der Waals surface area contributed by atoms with Crippen LogP contribution < -0.4 is 5.32 Å². The van der Waals surface area contributed by atoms with E-state index in [1.807, 2.05) is 7.11 Å². The molecular formula is C15H32N2O. The van der Waals surface area contributed by atoms with E-state index in [-0.39, 0.29) is 0 Å². The topological polar surface area (TPSA) is 24.5 Å². The van der Waals surface area contributed by atoms with E-state index >= 15 is 0 Å². The predicted molar refractivity (Wildman–Crippen MR) is 78.1 cm³/mol. The number of methoxy groups -OCH3 is 1. The standard InChI is InChI=1S/C15H32N2O/c1-4-10-16-14(2)8-5-6-11-17-12-7-9-15(13-17)18-3/h14-16H,4-13H2,1-3H3. The minimum absolute atomic E-state index is 0.476. The first-order valence-corrected chi connectivity index (χ1v) is 7.74. The largest absolute Gasteiger partial charge is 0.380 e. The number of likely N-dealkylation sites (tertiary alicyclic amines) is 1. The molecule has 1 aliphatic rings. The lowest BCUT2D eigenvalue weighted by molar-refractivity contribution is 0.0308. The van der Waals surface area contributed by atoms with E-state index in [4.69, 9.17) is 4.74 Å². The summed E-state index contributed by atoms with van der Waals surface area (Å²) in [6, 6.07) is 0.679. The van der Waals surface area contributed by atoms with Crippen LogP contribution >= 0.6 is 0 Å². The average molecular weight is 256 g/mol. The van der Waals surface area contributed by atoms with Gasteiger partial charge < -0.3 is 15.0 Å². The van der Waals surface area contributed by atoms with Crippen molar-refractivity contribution in [2.24, 2.45) is 0 Å². The molecule has 2 unspecified atom stereocenters. The maximum atomic E-state index is 5.46. The van der Waals surface area contributed by atoms with Gasteiger partial charge in [-0.05, 0) is 58.7 Å². The summed E-state index contributed by atoms with van der Waals surface area (Å²) in [6.07, 6.45) is 8.22. The van der Waals surface area contributed by atoms with Crippen LogP contribution in [0.25, 0.3) is 0 Å². The van der Waals surface area contributed by atoms with Gasteiger partial charge in [-0.15, -0.1) is 0 Å². The molecule has 0 aromatic rings. The molecule has 18 heavy (non-hydrogen) atoms.